The largest absolute Gasteiger partial charge is 0.465 e. The van der Waals surface area contributed by atoms with Crippen molar-refractivity contribution in [3.8, 4) is 0 Å². The van der Waals surface area contributed by atoms with Crippen LogP contribution in [0.2, 0.25) is 15.1 Å². The van der Waals surface area contributed by atoms with Crippen molar-refractivity contribution < 1.29 is 9.53 Å². The summed E-state index contributed by atoms with van der Waals surface area (Å²) in [7, 11) is 1.28. The fourth-order valence-electron chi connectivity index (χ4n) is 0.791. The molecule has 0 atom stereocenters. The Morgan fingerprint density at radius 3 is 2.08 bits per heavy atom. The van der Waals surface area contributed by atoms with Crippen LogP contribution in [0.3, 0.4) is 0 Å². The van der Waals surface area contributed by atoms with Crippen molar-refractivity contribution in [1.29, 1.82) is 0 Å². The second-order valence-corrected chi connectivity index (χ2v) is 3.44. The van der Waals surface area contributed by atoms with Gasteiger partial charge in [0.2, 0.25) is 0 Å². The molecule has 0 bridgehead atoms. The molecule has 0 N–H and O–H groups in total. The number of esters is 1. The van der Waals surface area contributed by atoms with E-state index < -0.39 is 5.97 Å². The van der Waals surface area contributed by atoms with E-state index in [4.69, 9.17) is 34.8 Å². The van der Waals surface area contributed by atoms with E-state index in [-0.39, 0.29) is 20.6 Å². The lowest BCUT2D eigenvalue weighted by Crippen LogP contribution is -2.00. The van der Waals surface area contributed by atoms with Crippen molar-refractivity contribution in [3.05, 3.63) is 32.8 Å². The Kier molecular flexibility index (Phi) is 3.42. The number of carbonyl (C=O) groups excluding carboxylic acids is 1. The molecule has 0 saturated carbocycles. The monoisotopic (exact) mass is 238 g/mol. The molecule has 5 heteroatoms. The van der Waals surface area contributed by atoms with Crippen molar-refractivity contribution in [3.63, 3.8) is 0 Å². The normalized spacial score (nSPS) is 9.85. The second-order valence-electron chi connectivity index (χ2n) is 2.25. The van der Waals surface area contributed by atoms with Crippen LogP contribution in [0.25, 0.3) is 0 Å². The van der Waals surface area contributed by atoms with Gasteiger partial charge in [-0.15, -0.1) is 0 Å². The highest BCUT2D eigenvalue weighted by Gasteiger charge is 2.11. The van der Waals surface area contributed by atoms with Crippen LogP contribution in [0.1, 0.15) is 10.4 Å². The number of carbonyl (C=O) groups is 1. The minimum Gasteiger partial charge on any atom is -0.465 e. The highest BCUT2D eigenvalue weighted by Crippen LogP contribution is 2.31. The molecule has 0 amide bonds. The first-order valence-electron chi connectivity index (χ1n) is 3.29. The van der Waals surface area contributed by atoms with Crippen LogP contribution in [0.15, 0.2) is 12.1 Å². The van der Waals surface area contributed by atoms with Crippen molar-refractivity contribution in [2.75, 3.05) is 7.11 Å². The molecule has 0 radical (unpaired) electrons. The maximum Gasteiger partial charge on any atom is 0.337 e. The number of halogens is 3. The van der Waals surface area contributed by atoms with Crippen LogP contribution < -0.4 is 0 Å². The summed E-state index contributed by atoms with van der Waals surface area (Å²) in [6.45, 7) is 0. The van der Waals surface area contributed by atoms with Gasteiger partial charge in [0.15, 0.2) is 0 Å². The van der Waals surface area contributed by atoms with Gasteiger partial charge in [0.1, 0.15) is 0 Å². The van der Waals surface area contributed by atoms with Gasteiger partial charge in [-0.25, -0.2) is 4.79 Å². The third-order valence-electron chi connectivity index (χ3n) is 1.40. The summed E-state index contributed by atoms with van der Waals surface area (Å²) in [6, 6.07) is 2.81. The second kappa shape index (κ2) is 4.18. The van der Waals surface area contributed by atoms with Gasteiger partial charge in [0.05, 0.1) is 27.7 Å². The maximum atomic E-state index is 11.0. The van der Waals surface area contributed by atoms with Crippen LogP contribution >= 0.6 is 34.8 Å². The third kappa shape index (κ3) is 2.27. The Bertz CT molecular complexity index is 326. The average Bonchev–Trinajstić information content (AvgIpc) is 2.12. The summed E-state index contributed by atoms with van der Waals surface area (Å²) < 4.78 is 4.49. The number of hydrogen-bond donors (Lipinski definition) is 0. The zero-order valence-electron chi connectivity index (χ0n) is 6.61. The smallest absolute Gasteiger partial charge is 0.337 e. The summed E-state index contributed by atoms with van der Waals surface area (Å²) in [5, 5.41) is 0.695. The molecule has 0 aliphatic rings. The van der Waals surface area contributed by atoms with Gasteiger partial charge in [-0.1, -0.05) is 34.8 Å². The molecule has 13 heavy (non-hydrogen) atoms. The number of hydrogen-bond acceptors (Lipinski definition) is 2. The molecule has 0 heterocycles. The first kappa shape index (κ1) is 10.6. The van der Waals surface area contributed by atoms with Crippen LogP contribution in [-0.2, 0) is 4.74 Å². The predicted octanol–water partition coefficient (Wildman–Crippen LogP) is 3.43. The molecule has 0 aliphatic carbocycles. The van der Waals surface area contributed by atoms with Gasteiger partial charge in [-0.3, -0.25) is 0 Å². The Balaban J connectivity index is 3.20. The third-order valence-corrected chi connectivity index (χ3v) is 2.60. The van der Waals surface area contributed by atoms with E-state index in [1.807, 2.05) is 0 Å². The van der Waals surface area contributed by atoms with E-state index in [0.29, 0.717) is 0 Å². The molecule has 70 valence electrons. The van der Waals surface area contributed by atoms with Crippen LogP contribution in [0.5, 0.6) is 0 Å². The van der Waals surface area contributed by atoms with Crippen molar-refractivity contribution >= 4 is 40.8 Å². The first-order valence-corrected chi connectivity index (χ1v) is 4.42. The molecule has 1 rings (SSSR count). The molecule has 2 nitrogen and oxygen atoms in total. The van der Waals surface area contributed by atoms with E-state index in [2.05, 4.69) is 4.74 Å². The molecular weight excluding hydrogens is 234 g/mol. The van der Waals surface area contributed by atoms with E-state index in [1.54, 1.807) is 0 Å². The number of ether oxygens (including phenoxy) is 1. The fraction of sp³-hybridized carbons (Fsp3) is 0.125. The predicted molar refractivity (Wildman–Crippen MR) is 52.8 cm³/mol. The summed E-state index contributed by atoms with van der Waals surface area (Å²) >= 11 is 17.1. The molecule has 1 aromatic rings. The number of methoxy groups -OCH3 is 1. The molecule has 0 spiro atoms. The zero-order chi connectivity index (χ0) is 10.0. The van der Waals surface area contributed by atoms with Crippen LogP contribution in [0, 0.1) is 0 Å². The lowest BCUT2D eigenvalue weighted by atomic mass is 10.2. The highest BCUT2D eigenvalue weighted by molar-refractivity contribution is 6.48. The summed E-state index contributed by atoms with van der Waals surface area (Å²) in [6.07, 6.45) is 0. The van der Waals surface area contributed by atoms with Gasteiger partial charge in [0.25, 0.3) is 0 Å². The first-order chi connectivity index (χ1) is 6.06. The van der Waals surface area contributed by atoms with E-state index in [0.717, 1.165) is 0 Å². The fourth-order valence-corrected chi connectivity index (χ4v) is 1.39. The van der Waals surface area contributed by atoms with Gasteiger partial charge in [-0.2, -0.15) is 0 Å². The van der Waals surface area contributed by atoms with E-state index in [9.17, 15) is 4.79 Å². The topological polar surface area (TPSA) is 26.3 Å². The quantitative estimate of drug-likeness (QED) is 0.554. The molecule has 0 saturated heterocycles. The van der Waals surface area contributed by atoms with Crippen molar-refractivity contribution in [2.45, 2.75) is 0 Å². The Morgan fingerprint density at radius 1 is 1.23 bits per heavy atom. The minimum atomic E-state index is -0.500. The Hall–Kier alpha value is -0.440. The molecule has 0 unspecified atom stereocenters. The summed E-state index contributed by atoms with van der Waals surface area (Å²) in [4.78, 5) is 11.0. The molecule has 0 aromatic heterocycles. The summed E-state index contributed by atoms with van der Waals surface area (Å²) in [5.41, 5.74) is 0.280. The van der Waals surface area contributed by atoms with Gasteiger partial charge >= 0.3 is 5.97 Å². The van der Waals surface area contributed by atoms with Crippen molar-refractivity contribution in [2.24, 2.45) is 0 Å². The zero-order valence-corrected chi connectivity index (χ0v) is 8.87. The van der Waals surface area contributed by atoms with Gasteiger partial charge in [-0.05, 0) is 12.1 Å². The van der Waals surface area contributed by atoms with E-state index in [1.165, 1.54) is 19.2 Å². The standard InChI is InChI=1S/C8H5Cl3O2/c1-13-8(12)4-2-5(9)7(11)6(10)3-4/h2-3H,1H3. The lowest BCUT2D eigenvalue weighted by molar-refractivity contribution is 0.0601. The minimum absolute atomic E-state index is 0.231. The molecule has 1 aromatic carbocycles. The maximum absolute atomic E-state index is 11.0. The van der Waals surface area contributed by atoms with Gasteiger partial charge < -0.3 is 4.74 Å². The van der Waals surface area contributed by atoms with E-state index >= 15 is 0 Å². The molecule has 0 fully saturated rings. The molecular formula is C8H5Cl3O2. The Morgan fingerprint density at radius 2 is 1.69 bits per heavy atom. The molecule has 0 aliphatic heterocycles. The summed E-state index contributed by atoms with van der Waals surface area (Å²) in [5.74, 6) is -0.500. The van der Waals surface area contributed by atoms with Gasteiger partial charge in [0, 0.05) is 0 Å². The number of benzene rings is 1. The lowest BCUT2D eigenvalue weighted by Gasteiger charge is -2.02. The Labute approximate surface area is 90.3 Å². The SMILES string of the molecule is COC(=O)c1cc(Cl)c(Cl)c(Cl)c1. The highest BCUT2D eigenvalue weighted by atomic mass is 35.5. The van der Waals surface area contributed by atoms with Crippen LogP contribution in [-0.4, -0.2) is 13.1 Å². The number of rotatable bonds is 1. The van der Waals surface area contributed by atoms with Crippen molar-refractivity contribution in [1.82, 2.24) is 0 Å². The van der Waals surface area contributed by atoms with Crippen LogP contribution in [0.4, 0.5) is 0 Å². The average molecular weight is 239 g/mol.